The van der Waals surface area contributed by atoms with Gasteiger partial charge < -0.3 is 0 Å². The molecule has 0 saturated carbocycles. The van der Waals surface area contributed by atoms with Crippen molar-refractivity contribution >= 4 is 11.6 Å². The third-order valence-corrected chi connectivity index (χ3v) is 2.47. The fourth-order valence-corrected chi connectivity index (χ4v) is 1.69. The van der Waals surface area contributed by atoms with Crippen LogP contribution in [0.2, 0.25) is 5.15 Å². The standard InChI is InChI=1S/C11H12ClN3/c1-2-10-9(4-5-11(12)14-10)8-15-7-3-6-13-15/h3-7H,2,8H2,1H3. The van der Waals surface area contributed by atoms with Gasteiger partial charge >= 0.3 is 0 Å². The minimum Gasteiger partial charge on any atom is -0.268 e. The largest absolute Gasteiger partial charge is 0.268 e. The highest BCUT2D eigenvalue weighted by molar-refractivity contribution is 6.29. The first-order chi connectivity index (χ1) is 7.29. The van der Waals surface area contributed by atoms with Crippen LogP contribution < -0.4 is 0 Å². The van der Waals surface area contributed by atoms with Crippen LogP contribution in [0.5, 0.6) is 0 Å². The maximum atomic E-state index is 5.84. The van der Waals surface area contributed by atoms with Crippen molar-refractivity contribution in [3.8, 4) is 0 Å². The molecule has 2 aromatic rings. The third-order valence-electron chi connectivity index (χ3n) is 2.26. The Labute approximate surface area is 93.7 Å². The molecule has 0 saturated heterocycles. The van der Waals surface area contributed by atoms with Gasteiger partial charge in [0.1, 0.15) is 5.15 Å². The number of nitrogens with zero attached hydrogens (tertiary/aromatic N) is 3. The van der Waals surface area contributed by atoms with E-state index in [1.54, 1.807) is 6.20 Å². The molecule has 0 aromatic carbocycles. The lowest BCUT2D eigenvalue weighted by atomic mass is 10.1. The first kappa shape index (κ1) is 10.2. The van der Waals surface area contributed by atoms with E-state index >= 15 is 0 Å². The summed E-state index contributed by atoms with van der Waals surface area (Å²) < 4.78 is 1.88. The van der Waals surface area contributed by atoms with Crippen molar-refractivity contribution in [2.24, 2.45) is 0 Å². The molecule has 0 aliphatic heterocycles. The van der Waals surface area contributed by atoms with Crippen LogP contribution in [0.15, 0.2) is 30.6 Å². The topological polar surface area (TPSA) is 30.7 Å². The van der Waals surface area contributed by atoms with Crippen LogP contribution in [0.1, 0.15) is 18.2 Å². The summed E-state index contributed by atoms with van der Waals surface area (Å²) in [7, 11) is 0. The molecule has 0 amide bonds. The predicted molar refractivity (Wildman–Crippen MR) is 60.0 cm³/mol. The van der Waals surface area contributed by atoms with Gasteiger partial charge in [0, 0.05) is 18.1 Å². The quantitative estimate of drug-likeness (QED) is 0.746. The molecule has 0 aliphatic carbocycles. The van der Waals surface area contributed by atoms with Crippen molar-refractivity contribution in [1.29, 1.82) is 0 Å². The number of aromatic nitrogens is 3. The molecule has 0 aliphatic rings. The van der Waals surface area contributed by atoms with Gasteiger partial charge in [-0.1, -0.05) is 24.6 Å². The highest BCUT2D eigenvalue weighted by atomic mass is 35.5. The molecular weight excluding hydrogens is 210 g/mol. The first-order valence-corrected chi connectivity index (χ1v) is 5.29. The molecule has 0 unspecified atom stereocenters. The second kappa shape index (κ2) is 4.45. The van der Waals surface area contributed by atoms with Crippen LogP contribution >= 0.6 is 11.6 Å². The minimum atomic E-state index is 0.552. The van der Waals surface area contributed by atoms with Crippen LogP contribution in [0.3, 0.4) is 0 Å². The average Bonchev–Trinajstić information content (AvgIpc) is 2.73. The van der Waals surface area contributed by atoms with Crippen molar-refractivity contribution < 1.29 is 0 Å². The van der Waals surface area contributed by atoms with Gasteiger partial charge in [-0.2, -0.15) is 5.10 Å². The lowest BCUT2D eigenvalue weighted by molar-refractivity contribution is 0.677. The van der Waals surface area contributed by atoms with E-state index in [0.29, 0.717) is 5.15 Å². The number of halogens is 1. The number of pyridine rings is 1. The van der Waals surface area contributed by atoms with E-state index in [1.807, 2.05) is 29.1 Å². The molecule has 2 heterocycles. The zero-order chi connectivity index (χ0) is 10.7. The smallest absolute Gasteiger partial charge is 0.129 e. The normalized spacial score (nSPS) is 10.5. The number of rotatable bonds is 3. The van der Waals surface area contributed by atoms with Gasteiger partial charge in [-0.05, 0) is 24.1 Å². The summed E-state index contributed by atoms with van der Waals surface area (Å²) in [4.78, 5) is 4.30. The Morgan fingerprint density at radius 3 is 2.93 bits per heavy atom. The van der Waals surface area contributed by atoms with Crippen molar-refractivity contribution in [2.45, 2.75) is 19.9 Å². The zero-order valence-corrected chi connectivity index (χ0v) is 9.28. The number of aryl methyl sites for hydroxylation is 1. The van der Waals surface area contributed by atoms with E-state index in [9.17, 15) is 0 Å². The van der Waals surface area contributed by atoms with Crippen molar-refractivity contribution in [2.75, 3.05) is 0 Å². The van der Waals surface area contributed by atoms with Crippen LogP contribution in [-0.4, -0.2) is 14.8 Å². The molecule has 2 aromatic heterocycles. The lowest BCUT2D eigenvalue weighted by Crippen LogP contribution is -2.04. The van der Waals surface area contributed by atoms with Gasteiger partial charge in [-0.3, -0.25) is 4.68 Å². The molecular formula is C11H12ClN3. The van der Waals surface area contributed by atoms with Crippen molar-refractivity contribution in [3.05, 3.63) is 47.0 Å². The van der Waals surface area contributed by atoms with Gasteiger partial charge in [0.25, 0.3) is 0 Å². The van der Waals surface area contributed by atoms with Gasteiger partial charge in [0.15, 0.2) is 0 Å². The summed E-state index contributed by atoms with van der Waals surface area (Å²) in [5.41, 5.74) is 2.21. The van der Waals surface area contributed by atoms with Crippen LogP contribution in [-0.2, 0) is 13.0 Å². The highest BCUT2D eigenvalue weighted by Gasteiger charge is 2.04. The minimum absolute atomic E-state index is 0.552. The summed E-state index contributed by atoms with van der Waals surface area (Å²) in [6.45, 7) is 2.82. The SMILES string of the molecule is CCc1nc(Cl)ccc1Cn1cccn1. The van der Waals surface area contributed by atoms with E-state index in [1.165, 1.54) is 5.56 Å². The molecule has 0 N–H and O–H groups in total. The molecule has 0 fully saturated rings. The van der Waals surface area contributed by atoms with Crippen LogP contribution in [0.4, 0.5) is 0 Å². The molecule has 0 radical (unpaired) electrons. The molecule has 4 heteroatoms. The summed E-state index contributed by atoms with van der Waals surface area (Å²) in [5.74, 6) is 0. The second-order valence-electron chi connectivity index (χ2n) is 3.30. The fraction of sp³-hybridized carbons (Fsp3) is 0.273. The fourth-order valence-electron chi connectivity index (χ4n) is 1.52. The Balaban J connectivity index is 2.28. The molecule has 0 spiro atoms. The average molecular weight is 222 g/mol. The van der Waals surface area contributed by atoms with Crippen LogP contribution in [0.25, 0.3) is 0 Å². The Bertz CT molecular complexity index is 437. The Hall–Kier alpha value is -1.35. The highest BCUT2D eigenvalue weighted by Crippen LogP contribution is 2.13. The van der Waals surface area contributed by atoms with E-state index in [4.69, 9.17) is 11.6 Å². The van der Waals surface area contributed by atoms with Crippen LogP contribution in [0, 0.1) is 0 Å². The molecule has 78 valence electrons. The van der Waals surface area contributed by atoms with Gasteiger partial charge in [-0.25, -0.2) is 4.98 Å². The Morgan fingerprint density at radius 2 is 2.27 bits per heavy atom. The molecule has 2 rings (SSSR count). The van der Waals surface area contributed by atoms with E-state index in [0.717, 1.165) is 18.7 Å². The Morgan fingerprint density at radius 1 is 1.40 bits per heavy atom. The van der Waals surface area contributed by atoms with E-state index in [2.05, 4.69) is 17.0 Å². The lowest BCUT2D eigenvalue weighted by Gasteiger charge is -2.07. The monoisotopic (exact) mass is 221 g/mol. The van der Waals surface area contributed by atoms with Gasteiger partial charge in [0.05, 0.1) is 6.54 Å². The molecule has 3 nitrogen and oxygen atoms in total. The molecule has 0 atom stereocenters. The third kappa shape index (κ3) is 2.36. The van der Waals surface area contributed by atoms with E-state index in [-0.39, 0.29) is 0 Å². The molecule has 0 bridgehead atoms. The van der Waals surface area contributed by atoms with Crippen molar-refractivity contribution in [3.63, 3.8) is 0 Å². The second-order valence-corrected chi connectivity index (χ2v) is 3.68. The molecule has 15 heavy (non-hydrogen) atoms. The summed E-state index contributed by atoms with van der Waals surface area (Å²) >= 11 is 5.84. The maximum absolute atomic E-state index is 5.84. The van der Waals surface area contributed by atoms with Gasteiger partial charge in [0.2, 0.25) is 0 Å². The summed E-state index contributed by atoms with van der Waals surface area (Å²) in [6.07, 6.45) is 4.60. The van der Waals surface area contributed by atoms with Crippen molar-refractivity contribution in [1.82, 2.24) is 14.8 Å². The van der Waals surface area contributed by atoms with Gasteiger partial charge in [-0.15, -0.1) is 0 Å². The Kier molecular flexibility index (Phi) is 3.02. The number of hydrogen-bond acceptors (Lipinski definition) is 2. The maximum Gasteiger partial charge on any atom is 0.129 e. The van der Waals surface area contributed by atoms with E-state index < -0.39 is 0 Å². The zero-order valence-electron chi connectivity index (χ0n) is 8.52. The summed E-state index contributed by atoms with van der Waals surface area (Å²) in [5, 5.41) is 4.72. The number of hydrogen-bond donors (Lipinski definition) is 0. The summed E-state index contributed by atoms with van der Waals surface area (Å²) in [6, 6.07) is 5.74. The first-order valence-electron chi connectivity index (χ1n) is 4.91. The predicted octanol–water partition coefficient (Wildman–Crippen LogP) is 2.54.